The number of hydrogen-bond donors (Lipinski definition) is 2. The van der Waals surface area contributed by atoms with Gasteiger partial charge in [-0.3, -0.25) is 0 Å². The second-order valence-electron chi connectivity index (χ2n) is 3.84. The van der Waals surface area contributed by atoms with Crippen LogP contribution in [0.5, 0.6) is 6.01 Å². The lowest BCUT2D eigenvalue weighted by Crippen LogP contribution is -2.06. The lowest BCUT2D eigenvalue weighted by atomic mass is 10.2. The van der Waals surface area contributed by atoms with Crippen molar-refractivity contribution >= 4 is 33.5 Å². The highest BCUT2D eigenvalue weighted by molar-refractivity contribution is 9.10. The van der Waals surface area contributed by atoms with Crippen LogP contribution in [0.3, 0.4) is 0 Å². The Morgan fingerprint density at radius 3 is 2.79 bits per heavy atom. The van der Waals surface area contributed by atoms with E-state index in [1.165, 1.54) is 0 Å². The number of benzene rings is 1. The molecule has 0 radical (unpaired) electrons. The van der Waals surface area contributed by atoms with Gasteiger partial charge < -0.3 is 15.8 Å². The van der Waals surface area contributed by atoms with Crippen molar-refractivity contribution in [3.63, 3.8) is 0 Å². The number of nitrogen functional groups attached to an aromatic ring is 1. The smallest absolute Gasteiger partial charge is 0.323 e. The topological polar surface area (TPSA) is 86.0 Å². The van der Waals surface area contributed by atoms with E-state index in [4.69, 9.17) is 10.5 Å². The molecule has 100 valence electrons. The van der Waals surface area contributed by atoms with Crippen LogP contribution in [-0.2, 0) is 0 Å². The average molecular weight is 324 g/mol. The summed E-state index contributed by atoms with van der Waals surface area (Å²) < 4.78 is 6.14. The van der Waals surface area contributed by atoms with Gasteiger partial charge >= 0.3 is 6.01 Å². The third-order valence-electron chi connectivity index (χ3n) is 2.28. The van der Waals surface area contributed by atoms with Crippen molar-refractivity contribution in [2.24, 2.45) is 0 Å². The monoisotopic (exact) mass is 323 g/mol. The molecule has 0 amide bonds. The Morgan fingerprint density at radius 2 is 2.11 bits per heavy atom. The first-order valence-corrected chi connectivity index (χ1v) is 6.55. The second kappa shape index (κ2) is 5.83. The highest BCUT2D eigenvalue weighted by Gasteiger charge is 2.07. The Kier molecular flexibility index (Phi) is 4.16. The van der Waals surface area contributed by atoms with Gasteiger partial charge in [0.05, 0.1) is 12.3 Å². The van der Waals surface area contributed by atoms with Crippen LogP contribution in [0.15, 0.2) is 22.7 Å². The molecule has 7 heteroatoms. The molecule has 1 aromatic carbocycles. The van der Waals surface area contributed by atoms with Crippen LogP contribution in [0, 0.1) is 6.92 Å². The molecule has 0 bridgehead atoms. The number of nitrogens with two attached hydrogens (primary N) is 1. The molecule has 3 N–H and O–H groups in total. The Labute approximate surface area is 119 Å². The first kappa shape index (κ1) is 13.5. The summed E-state index contributed by atoms with van der Waals surface area (Å²) in [6, 6.07) is 6.12. The van der Waals surface area contributed by atoms with E-state index in [1.807, 2.05) is 32.0 Å². The summed E-state index contributed by atoms with van der Waals surface area (Å²) in [5, 5.41) is 3.07. The molecular formula is C12H14BrN5O. The van der Waals surface area contributed by atoms with Gasteiger partial charge in [-0.2, -0.15) is 15.0 Å². The Bertz CT molecular complexity index is 590. The van der Waals surface area contributed by atoms with Crippen molar-refractivity contribution in [1.29, 1.82) is 0 Å². The lowest BCUT2D eigenvalue weighted by Gasteiger charge is -2.09. The minimum atomic E-state index is 0.115. The minimum Gasteiger partial charge on any atom is -0.464 e. The number of halogens is 1. The fourth-order valence-electron chi connectivity index (χ4n) is 1.46. The first-order chi connectivity index (χ1) is 9.08. The fourth-order valence-corrected chi connectivity index (χ4v) is 2.06. The van der Waals surface area contributed by atoms with Gasteiger partial charge in [-0.05, 0) is 47.5 Å². The van der Waals surface area contributed by atoms with Gasteiger partial charge in [0.25, 0.3) is 0 Å². The van der Waals surface area contributed by atoms with Gasteiger partial charge in [-0.25, -0.2) is 0 Å². The maximum Gasteiger partial charge on any atom is 0.323 e. The number of nitrogens with one attached hydrogen (secondary N) is 1. The van der Waals surface area contributed by atoms with Crippen molar-refractivity contribution < 1.29 is 4.74 Å². The molecule has 0 aliphatic rings. The molecule has 0 aliphatic carbocycles. The number of rotatable bonds is 4. The zero-order chi connectivity index (χ0) is 13.8. The molecule has 0 aliphatic heterocycles. The standard InChI is InChI=1S/C12H14BrN5O/c1-3-19-12-17-10(14)16-11(18-12)15-9-5-4-7(2)6-8(9)13/h4-6H,3H2,1-2H3,(H3,14,15,16,17,18). The molecule has 0 spiro atoms. The number of ether oxygens (including phenoxy) is 1. The molecule has 19 heavy (non-hydrogen) atoms. The number of aryl methyl sites for hydroxylation is 1. The maximum absolute atomic E-state index is 5.61. The molecule has 1 aromatic heterocycles. The van der Waals surface area contributed by atoms with Crippen LogP contribution < -0.4 is 15.8 Å². The number of nitrogens with zero attached hydrogens (tertiary/aromatic N) is 3. The van der Waals surface area contributed by atoms with Gasteiger partial charge in [-0.15, -0.1) is 0 Å². The predicted molar refractivity (Wildman–Crippen MR) is 77.6 cm³/mol. The van der Waals surface area contributed by atoms with Gasteiger partial charge in [0.2, 0.25) is 11.9 Å². The van der Waals surface area contributed by atoms with Gasteiger partial charge in [-0.1, -0.05) is 6.07 Å². The van der Waals surface area contributed by atoms with Crippen molar-refractivity contribution in [2.45, 2.75) is 13.8 Å². The number of hydrogen-bond acceptors (Lipinski definition) is 6. The summed E-state index contributed by atoms with van der Waals surface area (Å²) in [6.45, 7) is 4.34. The minimum absolute atomic E-state index is 0.115. The molecule has 0 atom stereocenters. The van der Waals surface area contributed by atoms with Crippen LogP contribution in [0.4, 0.5) is 17.6 Å². The van der Waals surface area contributed by atoms with Gasteiger partial charge in [0.1, 0.15) is 0 Å². The molecule has 1 heterocycles. The van der Waals surface area contributed by atoms with Crippen LogP contribution in [0.2, 0.25) is 0 Å². The third kappa shape index (κ3) is 3.54. The second-order valence-corrected chi connectivity index (χ2v) is 4.70. The van der Waals surface area contributed by atoms with E-state index < -0.39 is 0 Å². The summed E-state index contributed by atoms with van der Waals surface area (Å²) in [4.78, 5) is 12.0. The largest absolute Gasteiger partial charge is 0.464 e. The number of anilines is 3. The zero-order valence-electron chi connectivity index (χ0n) is 10.6. The first-order valence-electron chi connectivity index (χ1n) is 5.76. The van der Waals surface area contributed by atoms with Crippen LogP contribution in [0.1, 0.15) is 12.5 Å². The summed E-state index contributed by atoms with van der Waals surface area (Å²) in [6.07, 6.45) is 0. The summed E-state index contributed by atoms with van der Waals surface area (Å²) in [5.74, 6) is 0.463. The molecule has 0 fully saturated rings. The van der Waals surface area contributed by atoms with Crippen LogP contribution in [-0.4, -0.2) is 21.6 Å². The Hall–Kier alpha value is -1.89. The third-order valence-corrected chi connectivity index (χ3v) is 2.93. The van der Waals surface area contributed by atoms with Crippen molar-refractivity contribution in [3.8, 4) is 6.01 Å². The SMILES string of the molecule is CCOc1nc(N)nc(Nc2ccc(C)cc2Br)n1. The van der Waals surface area contributed by atoms with Gasteiger partial charge in [0, 0.05) is 4.47 Å². The van der Waals surface area contributed by atoms with Crippen molar-refractivity contribution in [3.05, 3.63) is 28.2 Å². The molecule has 0 unspecified atom stereocenters. The van der Waals surface area contributed by atoms with E-state index in [1.54, 1.807) is 0 Å². The average Bonchev–Trinajstić information content (AvgIpc) is 2.32. The number of aromatic nitrogens is 3. The van der Waals surface area contributed by atoms with E-state index in [0.29, 0.717) is 12.6 Å². The molecule has 2 rings (SSSR count). The molecule has 2 aromatic rings. The van der Waals surface area contributed by atoms with E-state index in [2.05, 4.69) is 36.2 Å². The van der Waals surface area contributed by atoms with Gasteiger partial charge in [0.15, 0.2) is 0 Å². The van der Waals surface area contributed by atoms with E-state index in [0.717, 1.165) is 15.7 Å². The lowest BCUT2D eigenvalue weighted by molar-refractivity contribution is 0.312. The summed E-state index contributed by atoms with van der Waals surface area (Å²) in [5.41, 5.74) is 7.61. The molecule has 6 nitrogen and oxygen atoms in total. The van der Waals surface area contributed by atoms with E-state index in [9.17, 15) is 0 Å². The van der Waals surface area contributed by atoms with Crippen molar-refractivity contribution in [1.82, 2.24) is 15.0 Å². The maximum atomic E-state index is 5.61. The molecule has 0 saturated heterocycles. The fraction of sp³-hybridized carbons (Fsp3) is 0.250. The normalized spacial score (nSPS) is 10.3. The molecule has 0 saturated carbocycles. The van der Waals surface area contributed by atoms with E-state index >= 15 is 0 Å². The Morgan fingerprint density at radius 1 is 1.32 bits per heavy atom. The van der Waals surface area contributed by atoms with Crippen LogP contribution in [0.25, 0.3) is 0 Å². The highest BCUT2D eigenvalue weighted by atomic mass is 79.9. The quantitative estimate of drug-likeness (QED) is 0.899. The van der Waals surface area contributed by atoms with Crippen molar-refractivity contribution in [2.75, 3.05) is 17.7 Å². The summed E-state index contributed by atoms with van der Waals surface area (Å²) >= 11 is 3.48. The highest BCUT2D eigenvalue weighted by Crippen LogP contribution is 2.26. The van der Waals surface area contributed by atoms with Crippen LogP contribution >= 0.6 is 15.9 Å². The Balaban J connectivity index is 2.27. The predicted octanol–water partition coefficient (Wildman–Crippen LogP) is 2.67. The molecular weight excluding hydrogens is 310 g/mol. The van der Waals surface area contributed by atoms with E-state index in [-0.39, 0.29) is 12.0 Å². The summed E-state index contributed by atoms with van der Waals surface area (Å²) in [7, 11) is 0. The zero-order valence-corrected chi connectivity index (χ0v) is 12.2.